The molecule has 0 aliphatic heterocycles. The van der Waals surface area contributed by atoms with E-state index in [1.807, 2.05) is 6.07 Å². The van der Waals surface area contributed by atoms with Crippen LogP contribution in [0.4, 0.5) is 0 Å². The lowest BCUT2D eigenvalue weighted by Gasteiger charge is -2.06. The lowest BCUT2D eigenvalue weighted by Crippen LogP contribution is -2.32. The van der Waals surface area contributed by atoms with Gasteiger partial charge in [-0.2, -0.15) is 0 Å². The van der Waals surface area contributed by atoms with Gasteiger partial charge in [0.25, 0.3) is 0 Å². The van der Waals surface area contributed by atoms with Crippen LogP contribution in [0.2, 0.25) is 0 Å². The van der Waals surface area contributed by atoms with Crippen LogP contribution in [0.15, 0.2) is 15.9 Å². The third kappa shape index (κ3) is 8.36. The average molecular weight is 349 g/mol. The van der Waals surface area contributed by atoms with Gasteiger partial charge in [-0.1, -0.05) is 0 Å². The molecule has 1 rings (SSSR count). The Morgan fingerprint density at radius 1 is 1.37 bits per heavy atom. The number of aryl methyl sites for hydroxylation is 1. The molecule has 0 aliphatic rings. The topological polar surface area (TPSA) is 50.4 Å². The summed E-state index contributed by atoms with van der Waals surface area (Å²) in [6.45, 7) is 2.98. The molecule has 1 aromatic heterocycles. The summed E-state index contributed by atoms with van der Waals surface area (Å²) in [5.74, 6) is 0.129. The maximum absolute atomic E-state index is 11.6. The molecular weight excluding hydrogens is 328 g/mol. The normalized spacial score (nSPS) is 10.6. The summed E-state index contributed by atoms with van der Waals surface area (Å²) in [5.41, 5.74) is 0. The number of halogens is 1. The van der Waals surface area contributed by atoms with Crippen LogP contribution < -0.4 is 10.6 Å². The summed E-state index contributed by atoms with van der Waals surface area (Å²) in [6, 6.07) is 4.15. The van der Waals surface area contributed by atoms with Crippen molar-refractivity contribution in [1.82, 2.24) is 10.6 Å². The molecule has 0 fully saturated rings. The van der Waals surface area contributed by atoms with Crippen LogP contribution in [0.1, 0.15) is 17.7 Å². The zero-order valence-electron chi connectivity index (χ0n) is 11.2. The largest absolute Gasteiger partial charge is 0.383 e. The number of hydrogen-bond donors (Lipinski definition) is 2. The fourth-order valence-electron chi connectivity index (χ4n) is 1.59. The number of hydrogen-bond acceptors (Lipinski definition) is 4. The minimum Gasteiger partial charge on any atom is -0.383 e. The number of amides is 1. The van der Waals surface area contributed by atoms with E-state index in [0.29, 0.717) is 19.6 Å². The highest BCUT2D eigenvalue weighted by Crippen LogP contribution is 2.23. The van der Waals surface area contributed by atoms with E-state index in [2.05, 4.69) is 32.6 Å². The molecule has 19 heavy (non-hydrogen) atoms. The Hall–Kier alpha value is -0.430. The van der Waals surface area contributed by atoms with Gasteiger partial charge in [0.05, 0.1) is 10.4 Å². The summed E-state index contributed by atoms with van der Waals surface area (Å²) in [5, 5.41) is 6.09. The third-order valence-electron chi connectivity index (χ3n) is 2.56. The molecule has 4 nitrogen and oxygen atoms in total. The van der Waals surface area contributed by atoms with Crippen molar-refractivity contribution in [3.05, 3.63) is 20.8 Å². The Kier molecular flexibility index (Phi) is 9.07. The molecular formula is C13H21BrN2O2S. The molecule has 2 N–H and O–H groups in total. The van der Waals surface area contributed by atoms with E-state index in [4.69, 9.17) is 4.74 Å². The van der Waals surface area contributed by atoms with E-state index < -0.39 is 0 Å². The molecule has 0 bridgehead atoms. The van der Waals surface area contributed by atoms with E-state index in [1.54, 1.807) is 18.4 Å². The lowest BCUT2D eigenvalue weighted by molar-refractivity contribution is -0.121. The van der Waals surface area contributed by atoms with Crippen molar-refractivity contribution < 1.29 is 9.53 Å². The monoisotopic (exact) mass is 348 g/mol. The highest BCUT2D eigenvalue weighted by Gasteiger charge is 2.02. The van der Waals surface area contributed by atoms with Crippen LogP contribution in [0, 0.1) is 0 Å². The minimum atomic E-state index is 0.129. The zero-order valence-corrected chi connectivity index (χ0v) is 13.6. The second kappa shape index (κ2) is 10.4. The lowest BCUT2D eigenvalue weighted by atomic mass is 10.2. The molecule has 1 amide bonds. The molecule has 1 heterocycles. The van der Waals surface area contributed by atoms with Gasteiger partial charge in [0.1, 0.15) is 0 Å². The van der Waals surface area contributed by atoms with Crippen molar-refractivity contribution in [2.24, 2.45) is 0 Å². The summed E-state index contributed by atoms with van der Waals surface area (Å²) < 4.78 is 6.06. The quantitative estimate of drug-likeness (QED) is 0.637. The molecule has 0 unspecified atom stereocenters. The SMILES string of the molecule is COCCNCCNC(=O)CCCc1ccc(Br)s1. The zero-order chi connectivity index (χ0) is 13.9. The molecule has 0 saturated heterocycles. The predicted octanol–water partition coefficient (Wildman–Crippen LogP) is 2.19. The number of methoxy groups -OCH3 is 1. The van der Waals surface area contributed by atoms with Crippen LogP contribution in [0.5, 0.6) is 0 Å². The minimum absolute atomic E-state index is 0.129. The van der Waals surface area contributed by atoms with Gasteiger partial charge in [-0.05, 0) is 40.9 Å². The number of ether oxygens (including phenoxy) is 1. The van der Waals surface area contributed by atoms with Crippen molar-refractivity contribution in [1.29, 1.82) is 0 Å². The Balaban J connectivity index is 1.96. The van der Waals surface area contributed by atoms with Crippen LogP contribution in [0.25, 0.3) is 0 Å². The molecule has 0 aromatic carbocycles. The maximum Gasteiger partial charge on any atom is 0.220 e. The van der Waals surface area contributed by atoms with Crippen LogP contribution >= 0.6 is 27.3 Å². The molecule has 0 saturated carbocycles. The highest BCUT2D eigenvalue weighted by molar-refractivity contribution is 9.11. The van der Waals surface area contributed by atoms with Crippen LogP contribution in [-0.4, -0.2) is 39.3 Å². The second-order valence-electron chi connectivity index (χ2n) is 4.15. The Labute approximate surface area is 127 Å². The van der Waals surface area contributed by atoms with Crippen LogP contribution in [-0.2, 0) is 16.0 Å². The molecule has 0 spiro atoms. The fraction of sp³-hybridized carbons (Fsp3) is 0.615. The first kappa shape index (κ1) is 16.6. The first-order valence-corrected chi connectivity index (χ1v) is 8.04. The average Bonchev–Trinajstić information content (AvgIpc) is 2.79. The summed E-state index contributed by atoms with van der Waals surface area (Å²) in [4.78, 5) is 12.9. The van der Waals surface area contributed by atoms with Gasteiger partial charge in [-0.3, -0.25) is 4.79 Å². The van der Waals surface area contributed by atoms with Gasteiger partial charge in [-0.15, -0.1) is 11.3 Å². The first-order valence-electron chi connectivity index (χ1n) is 6.43. The van der Waals surface area contributed by atoms with Gasteiger partial charge in [-0.25, -0.2) is 0 Å². The van der Waals surface area contributed by atoms with Crippen molar-refractivity contribution in [3.63, 3.8) is 0 Å². The van der Waals surface area contributed by atoms with Crippen LogP contribution in [0.3, 0.4) is 0 Å². The maximum atomic E-state index is 11.6. The number of thiophene rings is 1. The van der Waals surface area contributed by atoms with Crippen molar-refractivity contribution in [3.8, 4) is 0 Å². The van der Waals surface area contributed by atoms with Gasteiger partial charge < -0.3 is 15.4 Å². The fourth-order valence-corrected chi connectivity index (χ4v) is 3.11. The molecule has 108 valence electrons. The smallest absolute Gasteiger partial charge is 0.220 e. The number of nitrogens with one attached hydrogen (secondary N) is 2. The first-order chi connectivity index (χ1) is 9.22. The summed E-state index contributed by atoms with van der Waals surface area (Å²) >= 11 is 5.17. The van der Waals surface area contributed by atoms with Gasteiger partial charge >= 0.3 is 0 Å². The molecule has 0 aliphatic carbocycles. The van der Waals surface area contributed by atoms with Crippen molar-refractivity contribution in [2.45, 2.75) is 19.3 Å². The molecule has 6 heteroatoms. The third-order valence-corrected chi connectivity index (χ3v) is 4.25. The number of carbonyl (C=O) groups is 1. The predicted molar refractivity (Wildman–Crippen MR) is 82.7 cm³/mol. The Bertz CT molecular complexity index is 371. The Morgan fingerprint density at radius 2 is 2.21 bits per heavy atom. The molecule has 1 aromatic rings. The number of rotatable bonds is 10. The second-order valence-corrected chi connectivity index (χ2v) is 6.70. The van der Waals surface area contributed by atoms with E-state index in [0.717, 1.165) is 29.7 Å². The van der Waals surface area contributed by atoms with Gasteiger partial charge in [0.2, 0.25) is 5.91 Å². The van der Waals surface area contributed by atoms with E-state index in [-0.39, 0.29) is 5.91 Å². The van der Waals surface area contributed by atoms with Crippen molar-refractivity contribution >= 4 is 33.2 Å². The van der Waals surface area contributed by atoms with E-state index in [9.17, 15) is 4.79 Å². The molecule has 0 radical (unpaired) electrons. The molecule has 0 atom stereocenters. The van der Waals surface area contributed by atoms with E-state index in [1.165, 1.54) is 4.88 Å². The Morgan fingerprint density at radius 3 is 2.89 bits per heavy atom. The highest BCUT2D eigenvalue weighted by atomic mass is 79.9. The standard InChI is InChI=1S/C13H21BrN2O2S/c1-18-10-9-15-7-8-16-13(17)4-2-3-11-5-6-12(14)19-11/h5-6,15H,2-4,7-10H2,1H3,(H,16,17). The van der Waals surface area contributed by atoms with Gasteiger partial charge in [0, 0.05) is 38.0 Å². The number of carbonyl (C=O) groups excluding carboxylic acids is 1. The van der Waals surface area contributed by atoms with Crippen molar-refractivity contribution in [2.75, 3.05) is 33.4 Å². The van der Waals surface area contributed by atoms with E-state index >= 15 is 0 Å². The summed E-state index contributed by atoms with van der Waals surface area (Å²) in [7, 11) is 1.68. The van der Waals surface area contributed by atoms with Gasteiger partial charge in [0.15, 0.2) is 0 Å². The summed E-state index contributed by atoms with van der Waals surface area (Å²) in [6.07, 6.45) is 2.46.